The highest BCUT2D eigenvalue weighted by Gasteiger charge is 2.48. The molecule has 7 heteroatoms. The summed E-state index contributed by atoms with van der Waals surface area (Å²) in [5.74, 6) is 1.46. The fraction of sp³-hybridized carbons (Fsp3) is 0.481. The molecule has 1 aliphatic heterocycles. The van der Waals surface area contributed by atoms with Crippen molar-refractivity contribution < 1.29 is 33.3 Å². The zero-order chi connectivity index (χ0) is 23.7. The molecule has 1 unspecified atom stereocenters. The first-order chi connectivity index (χ1) is 16.6. The molecule has 1 saturated heterocycles. The highest BCUT2D eigenvalue weighted by atomic mass is 16.6. The molecule has 1 atom stereocenters. The SMILES string of the molecule is COc1ccc(-c2cccc3c2CCC3=O)c(OCC2(C(=O)OC3CCOC3)CCC2)c1OC. The van der Waals surface area contributed by atoms with Crippen LogP contribution in [0.4, 0.5) is 0 Å². The Balaban J connectivity index is 1.48. The van der Waals surface area contributed by atoms with Crippen molar-refractivity contribution >= 4 is 11.8 Å². The van der Waals surface area contributed by atoms with Crippen LogP contribution in [-0.4, -0.2) is 51.9 Å². The van der Waals surface area contributed by atoms with Gasteiger partial charge in [0.25, 0.3) is 0 Å². The van der Waals surface area contributed by atoms with Crippen molar-refractivity contribution in [2.45, 2.75) is 44.6 Å². The molecule has 0 amide bonds. The number of fused-ring (bicyclic) bond motifs is 1. The van der Waals surface area contributed by atoms with Gasteiger partial charge in [-0.05, 0) is 42.5 Å². The van der Waals surface area contributed by atoms with E-state index in [0.29, 0.717) is 43.3 Å². The third-order valence-corrected chi connectivity index (χ3v) is 7.27. The molecule has 1 saturated carbocycles. The Morgan fingerprint density at radius 3 is 2.53 bits per heavy atom. The van der Waals surface area contributed by atoms with E-state index in [9.17, 15) is 9.59 Å². The molecule has 34 heavy (non-hydrogen) atoms. The number of ketones is 1. The van der Waals surface area contributed by atoms with E-state index < -0.39 is 5.41 Å². The van der Waals surface area contributed by atoms with E-state index in [1.165, 1.54) is 0 Å². The van der Waals surface area contributed by atoms with Gasteiger partial charge >= 0.3 is 5.97 Å². The van der Waals surface area contributed by atoms with Crippen molar-refractivity contribution in [1.82, 2.24) is 0 Å². The van der Waals surface area contributed by atoms with Gasteiger partial charge in [-0.25, -0.2) is 0 Å². The summed E-state index contributed by atoms with van der Waals surface area (Å²) in [4.78, 5) is 25.4. The van der Waals surface area contributed by atoms with Crippen LogP contribution in [0.15, 0.2) is 30.3 Å². The first kappa shape index (κ1) is 22.7. The minimum absolute atomic E-state index is 0.159. The number of hydrogen-bond donors (Lipinski definition) is 0. The molecule has 0 N–H and O–H groups in total. The van der Waals surface area contributed by atoms with Gasteiger partial charge in [0.15, 0.2) is 17.3 Å². The average molecular weight is 467 g/mol. The van der Waals surface area contributed by atoms with Crippen molar-refractivity contribution in [1.29, 1.82) is 0 Å². The van der Waals surface area contributed by atoms with Gasteiger partial charge in [-0.15, -0.1) is 0 Å². The van der Waals surface area contributed by atoms with Crippen LogP contribution < -0.4 is 14.2 Å². The van der Waals surface area contributed by atoms with Crippen LogP contribution in [0.1, 0.15) is 48.0 Å². The molecule has 2 aromatic carbocycles. The lowest BCUT2D eigenvalue weighted by Gasteiger charge is -2.39. The minimum atomic E-state index is -0.678. The Morgan fingerprint density at radius 2 is 1.85 bits per heavy atom. The van der Waals surface area contributed by atoms with Gasteiger partial charge in [0.05, 0.1) is 27.4 Å². The van der Waals surface area contributed by atoms with Gasteiger partial charge in [-0.3, -0.25) is 9.59 Å². The Morgan fingerprint density at radius 1 is 1.03 bits per heavy atom. The van der Waals surface area contributed by atoms with E-state index in [1.54, 1.807) is 14.2 Å². The highest BCUT2D eigenvalue weighted by Crippen LogP contribution is 2.49. The van der Waals surface area contributed by atoms with Gasteiger partial charge in [0, 0.05) is 24.0 Å². The second-order valence-corrected chi connectivity index (χ2v) is 9.25. The van der Waals surface area contributed by atoms with E-state index in [0.717, 1.165) is 47.9 Å². The van der Waals surface area contributed by atoms with E-state index >= 15 is 0 Å². The molecule has 0 spiro atoms. The molecule has 180 valence electrons. The predicted octanol–water partition coefficient (Wildman–Crippen LogP) is 4.38. The van der Waals surface area contributed by atoms with Crippen LogP contribution in [0.5, 0.6) is 17.2 Å². The van der Waals surface area contributed by atoms with Crippen LogP contribution in [0.2, 0.25) is 0 Å². The first-order valence-corrected chi connectivity index (χ1v) is 11.9. The quantitative estimate of drug-likeness (QED) is 0.534. The Bertz CT molecular complexity index is 1100. The van der Waals surface area contributed by atoms with Gasteiger partial charge in [0.1, 0.15) is 18.1 Å². The maximum absolute atomic E-state index is 13.1. The Labute approximate surface area is 199 Å². The normalized spacial score (nSPS) is 20.4. The summed E-state index contributed by atoms with van der Waals surface area (Å²) in [7, 11) is 3.15. The number of hydrogen-bond acceptors (Lipinski definition) is 7. The standard InChI is InChI=1S/C27H30O7/c1-30-23-10-8-21(18-5-3-6-20-19(18)7-9-22(20)28)24(25(23)31-2)33-16-27(12-4-13-27)26(29)34-17-11-14-32-15-17/h3,5-6,8,10,17H,4,7,9,11-16H2,1-2H3. The van der Waals surface area contributed by atoms with Crippen molar-refractivity contribution in [2.24, 2.45) is 5.41 Å². The number of carbonyl (C=O) groups is 2. The van der Waals surface area contributed by atoms with Gasteiger partial charge < -0.3 is 23.7 Å². The summed E-state index contributed by atoms with van der Waals surface area (Å²) in [6.07, 6.45) is 4.14. The minimum Gasteiger partial charge on any atom is -0.493 e. The molecule has 1 heterocycles. The number of ether oxygens (including phenoxy) is 5. The van der Waals surface area contributed by atoms with E-state index in [1.807, 2.05) is 30.3 Å². The van der Waals surface area contributed by atoms with Crippen LogP contribution >= 0.6 is 0 Å². The smallest absolute Gasteiger partial charge is 0.315 e. The fourth-order valence-corrected chi connectivity index (χ4v) is 5.10. The van der Waals surface area contributed by atoms with Crippen molar-refractivity contribution in [3.8, 4) is 28.4 Å². The van der Waals surface area contributed by atoms with E-state index in [2.05, 4.69) is 0 Å². The molecule has 3 aliphatic rings. The lowest BCUT2D eigenvalue weighted by molar-refractivity contribution is -0.170. The monoisotopic (exact) mass is 466 g/mol. The molecule has 0 radical (unpaired) electrons. The third-order valence-electron chi connectivity index (χ3n) is 7.27. The number of rotatable bonds is 8. The summed E-state index contributed by atoms with van der Waals surface area (Å²) >= 11 is 0. The van der Waals surface area contributed by atoms with E-state index in [-0.39, 0.29) is 24.5 Å². The van der Waals surface area contributed by atoms with E-state index in [4.69, 9.17) is 23.7 Å². The number of methoxy groups -OCH3 is 2. The summed E-state index contributed by atoms with van der Waals surface area (Å²) < 4.78 is 28.8. The molecule has 2 aromatic rings. The van der Waals surface area contributed by atoms with Gasteiger partial charge in [0.2, 0.25) is 5.75 Å². The summed E-state index contributed by atoms with van der Waals surface area (Å²) in [6.45, 7) is 1.26. The van der Waals surface area contributed by atoms with Crippen LogP contribution in [0.25, 0.3) is 11.1 Å². The second-order valence-electron chi connectivity index (χ2n) is 9.25. The number of Topliss-reactive ketones (excluding diaryl/α,β-unsaturated/α-hetero) is 1. The predicted molar refractivity (Wildman–Crippen MR) is 125 cm³/mol. The third kappa shape index (κ3) is 3.92. The van der Waals surface area contributed by atoms with Crippen LogP contribution in [-0.2, 0) is 20.7 Å². The Kier molecular flexibility index (Phi) is 6.21. The van der Waals surface area contributed by atoms with Crippen LogP contribution in [0.3, 0.4) is 0 Å². The van der Waals surface area contributed by atoms with Crippen molar-refractivity contribution in [3.63, 3.8) is 0 Å². The molecule has 0 aromatic heterocycles. The second kappa shape index (κ2) is 9.29. The lowest BCUT2D eigenvalue weighted by atomic mass is 9.69. The largest absolute Gasteiger partial charge is 0.493 e. The number of esters is 1. The molecule has 5 rings (SSSR count). The summed E-state index contributed by atoms with van der Waals surface area (Å²) in [5.41, 5.74) is 2.85. The van der Waals surface area contributed by atoms with Crippen LogP contribution in [0, 0.1) is 5.41 Å². The maximum atomic E-state index is 13.1. The Hall–Kier alpha value is -3.06. The topological polar surface area (TPSA) is 80.3 Å². The van der Waals surface area contributed by atoms with Gasteiger partial charge in [-0.2, -0.15) is 0 Å². The van der Waals surface area contributed by atoms with Gasteiger partial charge in [-0.1, -0.05) is 24.6 Å². The maximum Gasteiger partial charge on any atom is 0.315 e. The zero-order valence-electron chi connectivity index (χ0n) is 19.7. The fourth-order valence-electron chi connectivity index (χ4n) is 5.10. The molecule has 2 aliphatic carbocycles. The zero-order valence-corrected chi connectivity index (χ0v) is 19.7. The molecule has 2 fully saturated rings. The highest BCUT2D eigenvalue weighted by molar-refractivity contribution is 6.02. The summed E-state index contributed by atoms with van der Waals surface area (Å²) in [6, 6.07) is 9.54. The van der Waals surface area contributed by atoms with Crippen molar-refractivity contribution in [3.05, 3.63) is 41.5 Å². The van der Waals surface area contributed by atoms with Crippen molar-refractivity contribution in [2.75, 3.05) is 34.0 Å². The molecular weight excluding hydrogens is 436 g/mol. The lowest BCUT2D eigenvalue weighted by Crippen LogP contribution is -2.45. The number of carbonyl (C=O) groups excluding carboxylic acids is 2. The summed E-state index contributed by atoms with van der Waals surface area (Å²) in [5, 5.41) is 0. The molecule has 0 bridgehead atoms. The molecule has 7 nitrogen and oxygen atoms in total. The molecular formula is C27H30O7. The average Bonchev–Trinajstić information content (AvgIpc) is 3.47. The first-order valence-electron chi connectivity index (χ1n) is 11.9. The number of benzene rings is 2.